The molecule has 3 unspecified atom stereocenters. The molecule has 0 aromatic heterocycles. The van der Waals surface area contributed by atoms with Gasteiger partial charge in [-0.1, -0.05) is 12.1 Å². The maximum absolute atomic E-state index is 12.8. The summed E-state index contributed by atoms with van der Waals surface area (Å²) in [6.45, 7) is 4.09. The Balaban J connectivity index is 1.85. The van der Waals surface area contributed by atoms with Crippen LogP contribution in [0.15, 0.2) is 29.2 Å². The van der Waals surface area contributed by atoms with Crippen molar-refractivity contribution in [2.24, 2.45) is 5.41 Å². The maximum Gasteiger partial charge on any atom is 0.289 e. The summed E-state index contributed by atoms with van der Waals surface area (Å²) < 4.78 is 34.1. The van der Waals surface area contributed by atoms with E-state index in [4.69, 9.17) is 4.74 Å². The monoisotopic (exact) mass is 369 g/mol. The molecule has 9 heteroatoms. The third-order valence-electron chi connectivity index (χ3n) is 5.25. The van der Waals surface area contributed by atoms with Crippen LogP contribution in [0.2, 0.25) is 0 Å². The molecule has 1 aromatic rings. The lowest BCUT2D eigenvalue weighted by molar-refractivity contribution is -0.387. The molecule has 1 aliphatic heterocycles. The van der Waals surface area contributed by atoms with Gasteiger partial charge in [-0.05, 0) is 38.8 Å². The van der Waals surface area contributed by atoms with Crippen LogP contribution in [0.1, 0.15) is 26.2 Å². The third kappa shape index (κ3) is 3.29. The molecule has 0 amide bonds. The number of rotatable bonds is 6. The summed E-state index contributed by atoms with van der Waals surface area (Å²) in [6.07, 6.45) is 2.40. The second kappa shape index (κ2) is 6.99. The predicted octanol–water partition coefficient (Wildman–Crippen LogP) is 1.42. The fourth-order valence-corrected chi connectivity index (χ4v) is 5.47. The van der Waals surface area contributed by atoms with Crippen LogP contribution in [0, 0.1) is 15.5 Å². The molecule has 1 spiro atoms. The number of para-hydroxylation sites is 1. The van der Waals surface area contributed by atoms with Crippen LogP contribution < -0.4 is 10.0 Å². The van der Waals surface area contributed by atoms with Gasteiger partial charge in [0.25, 0.3) is 5.69 Å². The highest BCUT2D eigenvalue weighted by molar-refractivity contribution is 7.89. The highest BCUT2D eigenvalue weighted by Crippen LogP contribution is 2.48. The van der Waals surface area contributed by atoms with Crippen molar-refractivity contribution in [2.45, 2.75) is 43.2 Å². The number of nitrogens with zero attached hydrogens (tertiary/aromatic N) is 1. The van der Waals surface area contributed by atoms with E-state index in [2.05, 4.69) is 10.0 Å². The Morgan fingerprint density at radius 1 is 1.44 bits per heavy atom. The summed E-state index contributed by atoms with van der Waals surface area (Å²) in [5.74, 6) is 0. The van der Waals surface area contributed by atoms with Crippen LogP contribution in [-0.2, 0) is 14.8 Å². The van der Waals surface area contributed by atoms with E-state index >= 15 is 0 Å². The molecular weight excluding hydrogens is 346 g/mol. The molecule has 1 aliphatic carbocycles. The number of hydrogen-bond acceptors (Lipinski definition) is 6. The molecular formula is C16H23N3O5S. The molecule has 2 aliphatic rings. The number of piperidine rings is 1. The van der Waals surface area contributed by atoms with Crippen LogP contribution in [0.4, 0.5) is 5.69 Å². The number of nitro benzene ring substituents is 1. The van der Waals surface area contributed by atoms with Crippen molar-refractivity contribution in [1.29, 1.82) is 0 Å². The van der Waals surface area contributed by atoms with E-state index < -0.39 is 20.6 Å². The molecule has 0 bridgehead atoms. The number of hydrogen-bond donors (Lipinski definition) is 2. The Hall–Kier alpha value is -1.55. The summed E-state index contributed by atoms with van der Waals surface area (Å²) >= 11 is 0. The lowest BCUT2D eigenvalue weighted by Crippen LogP contribution is -2.69. The third-order valence-corrected chi connectivity index (χ3v) is 6.77. The standard InChI is InChI=1S/C16H23N3O5S/c1-2-24-15-10-14(16(15)8-5-9-17-11-16)18-25(22,23)13-7-4-3-6-12(13)19(20)21/h3-4,6-7,14-15,17-18H,2,5,8-11H2,1H3. The number of nitrogens with one attached hydrogen (secondary N) is 2. The Kier molecular flexibility index (Phi) is 5.10. The summed E-state index contributed by atoms with van der Waals surface area (Å²) in [7, 11) is -3.98. The fourth-order valence-electron chi connectivity index (χ4n) is 3.96. The summed E-state index contributed by atoms with van der Waals surface area (Å²) in [4.78, 5) is 10.2. The molecule has 2 fully saturated rings. The van der Waals surface area contributed by atoms with Crippen molar-refractivity contribution < 1.29 is 18.1 Å². The summed E-state index contributed by atoms with van der Waals surface area (Å²) in [5, 5.41) is 14.5. The van der Waals surface area contributed by atoms with Crippen LogP contribution >= 0.6 is 0 Å². The Morgan fingerprint density at radius 2 is 2.20 bits per heavy atom. The molecule has 1 aromatic carbocycles. The van der Waals surface area contributed by atoms with Gasteiger partial charge in [0, 0.05) is 30.7 Å². The van der Waals surface area contributed by atoms with Gasteiger partial charge in [-0.3, -0.25) is 10.1 Å². The van der Waals surface area contributed by atoms with Gasteiger partial charge in [0.1, 0.15) is 0 Å². The van der Waals surface area contributed by atoms with E-state index in [9.17, 15) is 18.5 Å². The number of ether oxygens (including phenoxy) is 1. The van der Waals surface area contributed by atoms with Crippen molar-refractivity contribution in [3.05, 3.63) is 34.4 Å². The van der Waals surface area contributed by atoms with E-state index in [1.165, 1.54) is 24.3 Å². The Morgan fingerprint density at radius 3 is 2.84 bits per heavy atom. The molecule has 3 rings (SSSR count). The zero-order chi connectivity index (χ0) is 18.1. The topological polar surface area (TPSA) is 111 Å². The van der Waals surface area contributed by atoms with Crippen molar-refractivity contribution in [1.82, 2.24) is 10.0 Å². The predicted molar refractivity (Wildman–Crippen MR) is 91.8 cm³/mol. The van der Waals surface area contributed by atoms with Crippen molar-refractivity contribution in [3.63, 3.8) is 0 Å². The van der Waals surface area contributed by atoms with Gasteiger partial charge in [0.15, 0.2) is 4.90 Å². The molecule has 8 nitrogen and oxygen atoms in total. The maximum atomic E-state index is 12.8. The molecule has 25 heavy (non-hydrogen) atoms. The average Bonchev–Trinajstić information content (AvgIpc) is 2.61. The van der Waals surface area contributed by atoms with E-state index in [0.29, 0.717) is 19.6 Å². The van der Waals surface area contributed by atoms with Gasteiger partial charge >= 0.3 is 0 Å². The highest BCUT2D eigenvalue weighted by atomic mass is 32.2. The Labute approximate surface area is 147 Å². The minimum absolute atomic E-state index is 0.00348. The lowest BCUT2D eigenvalue weighted by atomic mass is 9.58. The minimum atomic E-state index is -3.98. The summed E-state index contributed by atoms with van der Waals surface area (Å²) in [6, 6.07) is 5.13. The normalized spacial score (nSPS) is 29.3. The van der Waals surface area contributed by atoms with Crippen LogP contribution in [0.3, 0.4) is 0 Å². The molecule has 3 atom stereocenters. The van der Waals surface area contributed by atoms with Gasteiger partial charge in [0.2, 0.25) is 10.0 Å². The van der Waals surface area contributed by atoms with Gasteiger partial charge in [-0.2, -0.15) is 0 Å². The van der Waals surface area contributed by atoms with Crippen LogP contribution in [0.25, 0.3) is 0 Å². The second-order valence-electron chi connectivity index (χ2n) is 6.59. The van der Waals surface area contributed by atoms with E-state index in [-0.39, 0.29) is 22.5 Å². The first-order valence-corrected chi connectivity index (χ1v) is 9.97. The molecule has 1 saturated heterocycles. The molecule has 0 radical (unpaired) electrons. The second-order valence-corrected chi connectivity index (χ2v) is 8.27. The van der Waals surface area contributed by atoms with Crippen molar-refractivity contribution in [3.8, 4) is 0 Å². The number of benzene rings is 1. The van der Waals surface area contributed by atoms with Gasteiger partial charge in [0.05, 0.1) is 11.0 Å². The molecule has 2 N–H and O–H groups in total. The first kappa shape index (κ1) is 18.2. The fraction of sp³-hybridized carbons (Fsp3) is 0.625. The smallest absolute Gasteiger partial charge is 0.289 e. The van der Waals surface area contributed by atoms with Crippen molar-refractivity contribution in [2.75, 3.05) is 19.7 Å². The summed E-state index contributed by atoms with van der Waals surface area (Å²) in [5.41, 5.74) is -0.697. The quantitative estimate of drug-likeness (QED) is 0.580. The number of sulfonamides is 1. The van der Waals surface area contributed by atoms with Crippen molar-refractivity contribution >= 4 is 15.7 Å². The average molecular weight is 369 g/mol. The van der Waals surface area contributed by atoms with Crippen LogP contribution in [0.5, 0.6) is 0 Å². The zero-order valence-corrected chi connectivity index (χ0v) is 14.9. The lowest BCUT2D eigenvalue weighted by Gasteiger charge is -2.57. The first-order valence-electron chi connectivity index (χ1n) is 8.49. The van der Waals surface area contributed by atoms with E-state index in [1.54, 1.807) is 0 Å². The van der Waals surface area contributed by atoms with Gasteiger partial charge in [-0.15, -0.1) is 0 Å². The van der Waals surface area contributed by atoms with E-state index in [1.807, 2.05) is 6.92 Å². The van der Waals surface area contributed by atoms with E-state index in [0.717, 1.165) is 19.4 Å². The zero-order valence-electron chi connectivity index (χ0n) is 14.1. The largest absolute Gasteiger partial charge is 0.378 e. The SMILES string of the molecule is CCOC1CC(NS(=O)(=O)c2ccccc2[N+](=O)[O-])C12CCCNC2. The highest BCUT2D eigenvalue weighted by Gasteiger charge is 2.57. The first-order chi connectivity index (χ1) is 11.9. The number of nitro groups is 1. The molecule has 138 valence electrons. The van der Waals surface area contributed by atoms with Gasteiger partial charge in [-0.25, -0.2) is 13.1 Å². The Bertz CT molecular complexity index is 746. The minimum Gasteiger partial charge on any atom is -0.378 e. The molecule has 1 saturated carbocycles. The van der Waals surface area contributed by atoms with Crippen LogP contribution in [-0.4, -0.2) is 45.2 Å². The molecule has 1 heterocycles. The van der Waals surface area contributed by atoms with Gasteiger partial charge < -0.3 is 10.1 Å².